The largest absolute Gasteiger partial charge is 0.325 e. The van der Waals surface area contributed by atoms with Crippen LogP contribution < -0.4 is 5.32 Å². The molecule has 1 amide bonds. The van der Waals surface area contributed by atoms with Crippen LogP contribution in [0.4, 0.5) is 5.69 Å². The van der Waals surface area contributed by atoms with Crippen molar-refractivity contribution in [2.75, 3.05) is 5.32 Å². The molecule has 1 aromatic carbocycles. The summed E-state index contributed by atoms with van der Waals surface area (Å²) in [4.78, 5) is 11.2. The molecular weight excluding hydrogens is 186 g/mol. The maximum Gasteiger partial charge on any atom is 0.242 e. The third-order valence-electron chi connectivity index (χ3n) is 1.65. The second-order valence-electron chi connectivity index (χ2n) is 2.97. The molecule has 0 radical (unpaired) electrons. The number of hydrogen-bond acceptors (Lipinski definition) is 1. The van der Waals surface area contributed by atoms with E-state index in [1.54, 1.807) is 6.92 Å². The molecule has 0 unspecified atom stereocenters. The van der Waals surface area contributed by atoms with Gasteiger partial charge in [0.05, 0.1) is 0 Å². The lowest BCUT2D eigenvalue weighted by Crippen LogP contribution is -2.20. The molecule has 0 saturated carbocycles. The number of rotatable bonds is 2. The minimum Gasteiger partial charge on any atom is -0.325 e. The highest BCUT2D eigenvalue weighted by Gasteiger charge is 2.08. The summed E-state index contributed by atoms with van der Waals surface area (Å²) in [6, 6.07) is 7.60. The highest BCUT2D eigenvalue weighted by Crippen LogP contribution is 2.10. The summed E-state index contributed by atoms with van der Waals surface area (Å²) in [5, 5.41) is 2.21. The van der Waals surface area contributed by atoms with E-state index in [-0.39, 0.29) is 5.91 Å². The van der Waals surface area contributed by atoms with Crippen LogP contribution in [0.5, 0.6) is 0 Å². The lowest BCUT2D eigenvalue weighted by molar-refractivity contribution is -0.115. The van der Waals surface area contributed by atoms with Gasteiger partial charge in [0.25, 0.3) is 0 Å². The predicted molar refractivity (Wildman–Crippen MR) is 55.1 cm³/mol. The standard InChI is InChI=1S/C10H12ClNO/c1-7-4-3-5-9(6-7)12-10(13)8(2)11/h3-6,8H,1-2H3,(H,12,13)/t8-/m0/s1. The average molecular weight is 198 g/mol. The van der Waals surface area contributed by atoms with Gasteiger partial charge >= 0.3 is 0 Å². The van der Waals surface area contributed by atoms with Crippen molar-refractivity contribution < 1.29 is 4.79 Å². The van der Waals surface area contributed by atoms with E-state index < -0.39 is 5.38 Å². The summed E-state index contributed by atoms with van der Waals surface area (Å²) >= 11 is 5.61. The molecule has 0 saturated heterocycles. The Hall–Kier alpha value is -1.02. The number of anilines is 1. The van der Waals surface area contributed by atoms with E-state index in [4.69, 9.17) is 11.6 Å². The van der Waals surface area contributed by atoms with Gasteiger partial charge in [0.1, 0.15) is 5.38 Å². The van der Waals surface area contributed by atoms with E-state index in [1.807, 2.05) is 31.2 Å². The zero-order chi connectivity index (χ0) is 9.84. The molecule has 2 nitrogen and oxygen atoms in total. The lowest BCUT2D eigenvalue weighted by Gasteiger charge is -2.06. The quantitative estimate of drug-likeness (QED) is 0.726. The van der Waals surface area contributed by atoms with Crippen LogP contribution in [0.15, 0.2) is 24.3 Å². The van der Waals surface area contributed by atoms with Gasteiger partial charge in [0, 0.05) is 5.69 Å². The normalized spacial score (nSPS) is 12.2. The number of alkyl halides is 1. The first kappa shape index (κ1) is 10.1. The number of amides is 1. The molecule has 0 aliphatic carbocycles. The van der Waals surface area contributed by atoms with Crippen molar-refractivity contribution in [3.05, 3.63) is 29.8 Å². The predicted octanol–water partition coefficient (Wildman–Crippen LogP) is 2.56. The molecule has 0 aliphatic heterocycles. The molecule has 0 aliphatic rings. The Balaban J connectivity index is 2.69. The van der Waals surface area contributed by atoms with Crippen molar-refractivity contribution in [2.45, 2.75) is 19.2 Å². The Morgan fingerprint density at radius 3 is 2.77 bits per heavy atom. The van der Waals surface area contributed by atoms with E-state index in [9.17, 15) is 4.79 Å². The molecule has 1 rings (SSSR count). The lowest BCUT2D eigenvalue weighted by atomic mass is 10.2. The molecule has 1 aromatic rings. The molecule has 13 heavy (non-hydrogen) atoms. The van der Waals surface area contributed by atoms with Crippen LogP contribution in [0.2, 0.25) is 0 Å². The van der Waals surface area contributed by atoms with Crippen molar-refractivity contribution >= 4 is 23.2 Å². The fourth-order valence-electron chi connectivity index (χ4n) is 0.965. The fraction of sp³-hybridized carbons (Fsp3) is 0.300. The average Bonchev–Trinajstić information content (AvgIpc) is 2.04. The van der Waals surface area contributed by atoms with Gasteiger partial charge in [-0.15, -0.1) is 11.6 Å². The molecule has 0 bridgehead atoms. The molecule has 0 aromatic heterocycles. The third kappa shape index (κ3) is 3.07. The van der Waals surface area contributed by atoms with Crippen LogP contribution in [0.3, 0.4) is 0 Å². The van der Waals surface area contributed by atoms with Crippen molar-refractivity contribution in [3.63, 3.8) is 0 Å². The smallest absolute Gasteiger partial charge is 0.242 e. The van der Waals surface area contributed by atoms with Crippen LogP contribution in [0, 0.1) is 6.92 Å². The second-order valence-corrected chi connectivity index (χ2v) is 3.63. The monoisotopic (exact) mass is 197 g/mol. The highest BCUT2D eigenvalue weighted by atomic mass is 35.5. The maximum atomic E-state index is 11.2. The number of aryl methyl sites for hydroxylation is 1. The van der Waals surface area contributed by atoms with Crippen molar-refractivity contribution in [3.8, 4) is 0 Å². The molecule has 1 N–H and O–H groups in total. The zero-order valence-electron chi connectivity index (χ0n) is 7.67. The Morgan fingerprint density at radius 2 is 2.23 bits per heavy atom. The highest BCUT2D eigenvalue weighted by molar-refractivity contribution is 6.32. The number of halogens is 1. The van der Waals surface area contributed by atoms with Gasteiger partial charge in [0.2, 0.25) is 5.91 Å². The number of carbonyl (C=O) groups excluding carboxylic acids is 1. The minimum atomic E-state index is -0.500. The van der Waals surface area contributed by atoms with Crippen LogP contribution >= 0.6 is 11.6 Å². The molecule has 70 valence electrons. The third-order valence-corrected chi connectivity index (χ3v) is 1.85. The van der Waals surface area contributed by atoms with Gasteiger partial charge in [-0.25, -0.2) is 0 Å². The van der Waals surface area contributed by atoms with Crippen molar-refractivity contribution in [2.24, 2.45) is 0 Å². The van der Waals surface area contributed by atoms with E-state index in [1.165, 1.54) is 0 Å². The maximum absolute atomic E-state index is 11.2. The number of nitrogens with one attached hydrogen (secondary N) is 1. The Labute approximate surface area is 82.9 Å². The summed E-state index contributed by atoms with van der Waals surface area (Å²) in [6.07, 6.45) is 0. The SMILES string of the molecule is Cc1cccc(NC(=O)[C@H](C)Cl)c1. The van der Waals surface area contributed by atoms with Crippen molar-refractivity contribution in [1.29, 1.82) is 0 Å². The fourth-order valence-corrected chi connectivity index (χ4v) is 1.02. The zero-order valence-corrected chi connectivity index (χ0v) is 8.43. The van der Waals surface area contributed by atoms with E-state index in [0.717, 1.165) is 11.3 Å². The first-order chi connectivity index (χ1) is 6.09. The van der Waals surface area contributed by atoms with Gasteiger partial charge in [-0.1, -0.05) is 12.1 Å². The number of hydrogen-bond donors (Lipinski definition) is 1. The topological polar surface area (TPSA) is 29.1 Å². The molecular formula is C10H12ClNO. The Morgan fingerprint density at radius 1 is 1.54 bits per heavy atom. The summed E-state index contributed by atoms with van der Waals surface area (Å²) in [5.41, 5.74) is 1.90. The molecule has 0 spiro atoms. The Bertz CT molecular complexity index is 310. The first-order valence-electron chi connectivity index (χ1n) is 4.11. The van der Waals surface area contributed by atoms with Crippen LogP contribution in [0.1, 0.15) is 12.5 Å². The van der Waals surface area contributed by atoms with Gasteiger partial charge in [-0.05, 0) is 31.5 Å². The molecule has 1 atom stereocenters. The van der Waals surface area contributed by atoms with E-state index in [2.05, 4.69) is 5.32 Å². The van der Waals surface area contributed by atoms with Gasteiger partial charge in [0.15, 0.2) is 0 Å². The number of benzene rings is 1. The first-order valence-corrected chi connectivity index (χ1v) is 4.55. The Kier molecular flexibility index (Phi) is 3.32. The number of carbonyl (C=O) groups is 1. The molecule has 0 fully saturated rings. The van der Waals surface area contributed by atoms with Crippen LogP contribution in [0.25, 0.3) is 0 Å². The summed E-state index contributed by atoms with van der Waals surface area (Å²) < 4.78 is 0. The van der Waals surface area contributed by atoms with E-state index >= 15 is 0 Å². The van der Waals surface area contributed by atoms with Crippen LogP contribution in [-0.4, -0.2) is 11.3 Å². The van der Waals surface area contributed by atoms with E-state index in [0.29, 0.717) is 0 Å². The van der Waals surface area contributed by atoms with Crippen molar-refractivity contribution in [1.82, 2.24) is 0 Å². The molecule has 3 heteroatoms. The van der Waals surface area contributed by atoms with Crippen LogP contribution in [-0.2, 0) is 4.79 Å². The minimum absolute atomic E-state index is 0.174. The van der Waals surface area contributed by atoms with Gasteiger partial charge in [-0.3, -0.25) is 4.79 Å². The summed E-state index contributed by atoms with van der Waals surface area (Å²) in [6.45, 7) is 3.62. The summed E-state index contributed by atoms with van der Waals surface area (Å²) in [5.74, 6) is -0.174. The molecule has 0 heterocycles. The summed E-state index contributed by atoms with van der Waals surface area (Å²) in [7, 11) is 0. The second kappa shape index (κ2) is 4.28. The van der Waals surface area contributed by atoms with Gasteiger partial charge in [-0.2, -0.15) is 0 Å². The van der Waals surface area contributed by atoms with Gasteiger partial charge < -0.3 is 5.32 Å².